The van der Waals surface area contributed by atoms with Crippen LogP contribution in [0, 0.1) is 6.92 Å². The summed E-state index contributed by atoms with van der Waals surface area (Å²) in [6, 6.07) is 11.6. The van der Waals surface area contributed by atoms with Crippen LogP contribution in [0.3, 0.4) is 0 Å². The van der Waals surface area contributed by atoms with Gasteiger partial charge in [0.15, 0.2) is 0 Å². The van der Waals surface area contributed by atoms with E-state index in [4.69, 9.17) is 0 Å². The molecule has 0 aliphatic carbocycles. The van der Waals surface area contributed by atoms with E-state index in [1.165, 1.54) is 16.2 Å². The Morgan fingerprint density at radius 2 is 1.83 bits per heavy atom. The molecular formula is C19H24N2O2. The van der Waals surface area contributed by atoms with E-state index in [2.05, 4.69) is 24.4 Å². The Morgan fingerprint density at radius 1 is 1.17 bits per heavy atom. The summed E-state index contributed by atoms with van der Waals surface area (Å²) in [7, 11) is 0. The van der Waals surface area contributed by atoms with Gasteiger partial charge in [0.05, 0.1) is 5.54 Å². The van der Waals surface area contributed by atoms with E-state index in [0.717, 1.165) is 17.5 Å². The minimum absolute atomic E-state index is 0.0234. The molecule has 0 bridgehead atoms. The molecule has 1 N–H and O–H groups in total. The van der Waals surface area contributed by atoms with Gasteiger partial charge >= 0.3 is 0 Å². The molecule has 0 atom stereocenters. The standard InChI is InChI=1S/C19H24N2O2/c1-5-15-6-8-16(9-7-15)19(3,4)20-17(22)13-21-11-10-14(2)12-18(21)23/h6-12H,5,13H2,1-4H3,(H,20,22). The molecule has 0 unspecified atom stereocenters. The molecule has 2 aromatic rings. The van der Waals surface area contributed by atoms with Gasteiger partial charge in [-0.15, -0.1) is 0 Å². The van der Waals surface area contributed by atoms with Crippen LogP contribution in [0.2, 0.25) is 0 Å². The maximum absolute atomic E-state index is 12.3. The van der Waals surface area contributed by atoms with Crippen molar-refractivity contribution >= 4 is 5.91 Å². The van der Waals surface area contributed by atoms with E-state index in [1.54, 1.807) is 6.20 Å². The lowest BCUT2D eigenvalue weighted by Gasteiger charge is -2.27. The number of hydrogen-bond donors (Lipinski definition) is 1. The SMILES string of the molecule is CCc1ccc(C(C)(C)NC(=O)Cn2ccc(C)cc2=O)cc1. The van der Waals surface area contributed by atoms with Crippen LogP contribution >= 0.6 is 0 Å². The minimum Gasteiger partial charge on any atom is -0.346 e. The number of hydrogen-bond acceptors (Lipinski definition) is 2. The first-order valence-corrected chi connectivity index (χ1v) is 7.89. The van der Waals surface area contributed by atoms with Crippen LogP contribution in [0.5, 0.6) is 0 Å². The molecule has 4 nitrogen and oxygen atoms in total. The monoisotopic (exact) mass is 312 g/mol. The second-order valence-corrected chi connectivity index (χ2v) is 6.39. The highest BCUT2D eigenvalue weighted by Gasteiger charge is 2.22. The lowest BCUT2D eigenvalue weighted by atomic mass is 9.93. The summed E-state index contributed by atoms with van der Waals surface area (Å²) in [4.78, 5) is 24.2. The van der Waals surface area contributed by atoms with Crippen molar-refractivity contribution in [2.24, 2.45) is 0 Å². The number of aryl methyl sites for hydroxylation is 2. The minimum atomic E-state index is -0.488. The van der Waals surface area contributed by atoms with Crippen molar-refractivity contribution in [3.8, 4) is 0 Å². The van der Waals surface area contributed by atoms with Crippen LogP contribution in [0.15, 0.2) is 47.4 Å². The molecule has 0 saturated carbocycles. The summed E-state index contributed by atoms with van der Waals surface area (Å²) in [5.74, 6) is -0.180. The summed E-state index contributed by atoms with van der Waals surface area (Å²) in [6.07, 6.45) is 2.64. The zero-order valence-electron chi connectivity index (χ0n) is 14.2. The highest BCUT2D eigenvalue weighted by atomic mass is 16.2. The van der Waals surface area contributed by atoms with Gasteiger partial charge in [-0.2, -0.15) is 0 Å². The Balaban J connectivity index is 2.09. The predicted molar refractivity (Wildman–Crippen MR) is 92.4 cm³/mol. The molecule has 1 aromatic carbocycles. The molecule has 23 heavy (non-hydrogen) atoms. The van der Waals surface area contributed by atoms with Crippen LogP contribution in [0.1, 0.15) is 37.5 Å². The number of benzene rings is 1. The van der Waals surface area contributed by atoms with Gasteiger partial charge in [-0.1, -0.05) is 31.2 Å². The molecule has 0 spiro atoms. The van der Waals surface area contributed by atoms with Crippen molar-refractivity contribution in [2.45, 2.75) is 46.2 Å². The molecule has 122 valence electrons. The topological polar surface area (TPSA) is 51.1 Å². The Kier molecular flexibility index (Phi) is 5.04. The van der Waals surface area contributed by atoms with Crippen molar-refractivity contribution in [3.63, 3.8) is 0 Å². The lowest BCUT2D eigenvalue weighted by Crippen LogP contribution is -2.43. The number of pyridine rings is 1. The number of carbonyl (C=O) groups excluding carboxylic acids is 1. The summed E-state index contributed by atoms with van der Waals surface area (Å²) in [5, 5.41) is 3.00. The van der Waals surface area contributed by atoms with E-state index >= 15 is 0 Å². The highest BCUT2D eigenvalue weighted by Crippen LogP contribution is 2.20. The molecular weight excluding hydrogens is 288 g/mol. The molecule has 1 heterocycles. The van der Waals surface area contributed by atoms with Crippen LogP contribution < -0.4 is 10.9 Å². The maximum Gasteiger partial charge on any atom is 0.251 e. The summed E-state index contributed by atoms with van der Waals surface area (Å²) >= 11 is 0. The smallest absolute Gasteiger partial charge is 0.251 e. The second kappa shape index (κ2) is 6.82. The maximum atomic E-state index is 12.3. The molecule has 1 amide bonds. The fourth-order valence-corrected chi connectivity index (χ4v) is 2.51. The molecule has 0 saturated heterocycles. The van der Waals surface area contributed by atoms with Crippen molar-refractivity contribution in [1.82, 2.24) is 9.88 Å². The Bertz CT molecular complexity index is 743. The van der Waals surface area contributed by atoms with Gasteiger partial charge in [-0.25, -0.2) is 0 Å². The van der Waals surface area contributed by atoms with E-state index in [1.807, 2.05) is 39.0 Å². The van der Waals surface area contributed by atoms with Crippen molar-refractivity contribution in [3.05, 3.63) is 69.6 Å². The molecule has 4 heteroatoms. The second-order valence-electron chi connectivity index (χ2n) is 6.39. The van der Waals surface area contributed by atoms with E-state index in [-0.39, 0.29) is 18.0 Å². The van der Waals surface area contributed by atoms with Crippen LogP contribution in [-0.4, -0.2) is 10.5 Å². The third-order valence-corrected chi connectivity index (χ3v) is 4.00. The Hall–Kier alpha value is -2.36. The predicted octanol–water partition coefficient (Wildman–Crippen LogP) is 2.77. The van der Waals surface area contributed by atoms with Gasteiger partial charge in [0.2, 0.25) is 5.91 Å². The number of aromatic nitrogens is 1. The lowest BCUT2D eigenvalue weighted by molar-refractivity contribution is -0.123. The van der Waals surface area contributed by atoms with Crippen LogP contribution in [0.4, 0.5) is 0 Å². The number of rotatable bonds is 5. The third-order valence-electron chi connectivity index (χ3n) is 4.00. The Morgan fingerprint density at radius 3 is 2.39 bits per heavy atom. The van der Waals surface area contributed by atoms with Crippen molar-refractivity contribution in [2.75, 3.05) is 0 Å². The zero-order valence-corrected chi connectivity index (χ0v) is 14.2. The van der Waals surface area contributed by atoms with Gasteiger partial charge < -0.3 is 9.88 Å². The van der Waals surface area contributed by atoms with Gasteiger partial charge in [0.25, 0.3) is 5.56 Å². The molecule has 0 aliphatic rings. The summed E-state index contributed by atoms with van der Waals surface area (Å²) in [6.45, 7) is 7.92. The third kappa shape index (κ3) is 4.31. The first kappa shape index (κ1) is 17.0. The van der Waals surface area contributed by atoms with Gasteiger partial charge in [0.1, 0.15) is 6.54 Å². The Labute approximate surface area is 137 Å². The molecule has 1 aromatic heterocycles. The molecule has 2 rings (SSSR count). The van der Waals surface area contributed by atoms with E-state index < -0.39 is 5.54 Å². The van der Waals surface area contributed by atoms with Crippen molar-refractivity contribution < 1.29 is 4.79 Å². The molecule has 0 aliphatic heterocycles. The van der Waals surface area contributed by atoms with Crippen LogP contribution in [-0.2, 0) is 23.3 Å². The average Bonchev–Trinajstić information content (AvgIpc) is 2.49. The average molecular weight is 312 g/mol. The number of amides is 1. The van der Waals surface area contributed by atoms with Gasteiger partial charge in [-0.05, 0) is 49.9 Å². The van der Waals surface area contributed by atoms with Gasteiger partial charge in [-0.3, -0.25) is 9.59 Å². The fraction of sp³-hybridized carbons (Fsp3) is 0.368. The summed E-state index contributed by atoms with van der Waals surface area (Å²) in [5.41, 5.74) is 2.55. The van der Waals surface area contributed by atoms with E-state index in [9.17, 15) is 9.59 Å². The number of nitrogens with zero attached hydrogens (tertiary/aromatic N) is 1. The molecule has 0 fully saturated rings. The summed E-state index contributed by atoms with van der Waals surface area (Å²) < 4.78 is 1.42. The zero-order chi connectivity index (χ0) is 17.0. The quantitative estimate of drug-likeness (QED) is 0.923. The van der Waals surface area contributed by atoms with E-state index in [0.29, 0.717) is 0 Å². The first-order chi connectivity index (χ1) is 10.8. The van der Waals surface area contributed by atoms with Crippen molar-refractivity contribution in [1.29, 1.82) is 0 Å². The molecule has 0 radical (unpaired) electrons. The normalized spacial score (nSPS) is 11.3. The van der Waals surface area contributed by atoms with Gasteiger partial charge in [0, 0.05) is 12.3 Å². The largest absolute Gasteiger partial charge is 0.346 e. The number of nitrogens with one attached hydrogen (secondary N) is 1. The first-order valence-electron chi connectivity index (χ1n) is 7.89. The van der Waals surface area contributed by atoms with Crippen LogP contribution in [0.25, 0.3) is 0 Å². The highest BCUT2D eigenvalue weighted by molar-refractivity contribution is 5.76. The number of carbonyl (C=O) groups is 1. The fourth-order valence-electron chi connectivity index (χ4n) is 2.51.